The fraction of sp³-hybridized carbons (Fsp3) is 0.529. The zero-order valence-corrected chi connectivity index (χ0v) is 15.1. The SMILES string of the molecule is CC(C#N)(NC(=O)CSc1ncnc2sc3c(c12)CCC3)C1CC1. The van der Waals surface area contributed by atoms with E-state index in [9.17, 15) is 10.1 Å². The highest BCUT2D eigenvalue weighted by atomic mass is 32.2. The summed E-state index contributed by atoms with van der Waals surface area (Å²) in [5, 5.41) is 14.3. The first-order valence-electron chi connectivity index (χ1n) is 8.21. The molecule has 0 aliphatic heterocycles. The molecule has 2 heterocycles. The van der Waals surface area contributed by atoms with E-state index in [1.807, 2.05) is 6.92 Å². The summed E-state index contributed by atoms with van der Waals surface area (Å²) in [6.45, 7) is 1.82. The van der Waals surface area contributed by atoms with Crippen LogP contribution < -0.4 is 5.32 Å². The second-order valence-electron chi connectivity index (χ2n) is 6.64. The van der Waals surface area contributed by atoms with E-state index in [1.54, 1.807) is 17.7 Å². The van der Waals surface area contributed by atoms with Gasteiger partial charge in [-0.15, -0.1) is 11.3 Å². The average molecular weight is 358 g/mol. The van der Waals surface area contributed by atoms with Gasteiger partial charge in [0.2, 0.25) is 5.91 Å². The van der Waals surface area contributed by atoms with E-state index in [4.69, 9.17) is 0 Å². The van der Waals surface area contributed by atoms with E-state index in [-0.39, 0.29) is 11.7 Å². The van der Waals surface area contributed by atoms with Crippen LogP contribution in [-0.4, -0.2) is 27.2 Å². The van der Waals surface area contributed by atoms with Gasteiger partial charge in [0.25, 0.3) is 0 Å². The summed E-state index contributed by atoms with van der Waals surface area (Å²) in [6, 6.07) is 2.26. The van der Waals surface area contributed by atoms with Crippen LogP contribution in [0.3, 0.4) is 0 Å². The Labute approximate surface area is 148 Å². The zero-order chi connectivity index (χ0) is 16.7. The summed E-state index contributed by atoms with van der Waals surface area (Å²) < 4.78 is 0. The Morgan fingerprint density at radius 1 is 1.50 bits per heavy atom. The summed E-state index contributed by atoms with van der Waals surface area (Å²) in [5.41, 5.74) is 0.640. The second-order valence-corrected chi connectivity index (χ2v) is 8.69. The van der Waals surface area contributed by atoms with Gasteiger partial charge >= 0.3 is 0 Å². The van der Waals surface area contributed by atoms with Gasteiger partial charge in [0.05, 0.1) is 11.8 Å². The number of hydrogen-bond acceptors (Lipinski definition) is 6. The molecule has 0 radical (unpaired) electrons. The molecule has 0 saturated heterocycles. The largest absolute Gasteiger partial charge is 0.337 e. The Balaban J connectivity index is 1.49. The van der Waals surface area contributed by atoms with Crippen LogP contribution in [0, 0.1) is 17.2 Å². The number of rotatable bonds is 5. The van der Waals surface area contributed by atoms with Crippen molar-refractivity contribution in [3.05, 3.63) is 16.8 Å². The molecule has 124 valence electrons. The molecule has 1 amide bonds. The lowest BCUT2D eigenvalue weighted by Crippen LogP contribution is -2.47. The predicted molar refractivity (Wildman–Crippen MR) is 95.0 cm³/mol. The Hall–Kier alpha value is -1.65. The van der Waals surface area contributed by atoms with Gasteiger partial charge in [0, 0.05) is 10.3 Å². The normalized spacial score (nSPS) is 18.8. The number of fused-ring (bicyclic) bond motifs is 3. The number of thiophene rings is 1. The second kappa shape index (κ2) is 6.01. The van der Waals surface area contributed by atoms with Gasteiger partial charge < -0.3 is 5.32 Å². The number of aromatic nitrogens is 2. The van der Waals surface area contributed by atoms with Crippen molar-refractivity contribution in [1.29, 1.82) is 5.26 Å². The average Bonchev–Trinajstić information content (AvgIpc) is 3.24. The van der Waals surface area contributed by atoms with Crippen LogP contribution in [-0.2, 0) is 17.6 Å². The molecule has 0 spiro atoms. The molecule has 5 nitrogen and oxygen atoms in total. The molecule has 1 atom stereocenters. The van der Waals surface area contributed by atoms with Gasteiger partial charge in [-0.05, 0) is 50.5 Å². The van der Waals surface area contributed by atoms with Crippen LogP contribution in [0.1, 0.15) is 36.6 Å². The Morgan fingerprint density at radius 2 is 2.33 bits per heavy atom. The van der Waals surface area contributed by atoms with E-state index in [0.29, 0.717) is 5.92 Å². The molecule has 24 heavy (non-hydrogen) atoms. The molecule has 1 saturated carbocycles. The summed E-state index contributed by atoms with van der Waals surface area (Å²) in [6.07, 6.45) is 7.02. The third kappa shape index (κ3) is 2.78. The maximum atomic E-state index is 12.3. The van der Waals surface area contributed by atoms with Crippen molar-refractivity contribution >= 4 is 39.2 Å². The third-order valence-corrected chi connectivity index (χ3v) is 7.02. The minimum Gasteiger partial charge on any atom is -0.337 e. The van der Waals surface area contributed by atoms with Crippen molar-refractivity contribution in [2.75, 3.05) is 5.75 Å². The number of carbonyl (C=O) groups excluding carboxylic acids is 1. The lowest BCUT2D eigenvalue weighted by atomic mass is 9.98. The van der Waals surface area contributed by atoms with Crippen molar-refractivity contribution < 1.29 is 4.79 Å². The van der Waals surface area contributed by atoms with Crippen molar-refractivity contribution in [2.24, 2.45) is 5.92 Å². The number of nitrogens with zero attached hydrogens (tertiary/aromatic N) is 3. The highest BCUT2D eigenvalue weighted by molar-refractivity contribution is 8.00. The van der Waals surface area contributed by atoms with Crippen LogP contribution in [0.2, 0.25) is 0 Å². The molecule has 0 bridgehead atoms. The first kappa shape index (κ1) is 15.9. The van der Waals surface area contributed by atoms with E-state index >= 15 is 0 Å². The van der Waals surface area contributed by atoms with Gasteiger partial charge in [-0.2, -0.15) is 5.26 Å². The van der Waals surface area contributed by atoms with Crippen molar-refractivity contribution in [1.82, 2.24) is 15.3 Å². The minimum atomic E-state index is -0.734. The van der Waals surface area contributed by atoms with Crippen molar-refractivity contribution in [2.45, 2.75) is 49.6 Å². The molecule has 1 fully saturated rings. The molecule has 7 heteroatoms. The fourth-order valence-electron chi connectivity index (χ4n) is 3.35. The molecule has 2 aliphatic rings. The van der Waals surface area contributed by atoms with Gasteiger partial charge in [0.1, 0.15) is 21.7 Å². The number of hydrogen-bond donors (Lipinski definition) is 1. The van der Waals surface area contributed by atoms with Crippen LogP contribution >= 0.6 is 23.1 Å². The molecule has 0 aromatic carbocycles. The number of amides is 1. The Morgan fingerprint density at radius 3 is 3.08 bits per heavy atom. The van der Waals surface area contributed by atoms with Crippen LogP contribution in [0.5, 0.6) is 0 Å². The first-order chi connectivity index (χ1) is 11.6. The lowest BCUT2D eigenvalue weighted by molar-refractivity contribution is -0.119. The van der Waals surface area contributed by atoms with Gasteiger partial charge in [-0.3, -0.25) is 4.79 Å². The highest BCUT2D eigenvalue weighted by Crippen LogP contribution is 2.41. The third-order valence-electron chi connectivity index (χ3n) is 4.83. The number of thioether (sulfide) groups is 1. The number of nitriles is 1. The van der Waals surface area contributed by atoms with Crippen LogP contribution in [0.25, 0.3) is 10.2 Å². The van der Waals surface area contributed by atoms with Crippen molar-refractivity contribution in [3.8, 4) is 6.07 Å². The lowest BCUT2D eigenvalue weighted by Gasteiger charge is -2.22. The van der Waals surface area contributed by atoms with Gasteiger partial charge in [-0.25, -0.2) is 9.97 Å². The quantitative estimate of drug-likeness (QED) is 0.656. The summed E-state index contributed by atoms with van der Waals surface area (Å²) in [5.74, 6) is 0.470. The van der Waals surface area contributed by atoms with Gasteiger partial charge in [-0.1, -0.05) is 11.8 Å². The number of carbonyl (C=O) groups is 1. The molecule has 4 rings (SSSR count). The number of aryl methyl sites for hydroxylation is 2. The molecule has 1 unspecified atom stereocenters. The molecule has 1 N–H and O–H groups in total. The first-order valence-corrected chi connectivity index (χ1v) is 10.0. The van der Waals surface area contributed by atoms with E-state index < -0.39 is 5.54 Å². The van der Waals surface area contributed by atoms with Crippen molar-refractivity contribution in [3.63, 3.8) is 0 Å². The van der Waals surface area contributed by atoms with Gasteiger partial charge in [0.15, 0.2) is 0 Å². The molecule has 2 aliphatic carbocycles. The minimum absolute atomic E-state index is 0.102. The zero-order valence-electron chi connectivity index (χ0n) is 13.5. The smallest absolute Gasteiger partial charge is 0.231 e. The monoisotopic (exact) mass is 358 g/mol. The van der Waals surface area contributed by atoms with E-state index in [0.717, 1.165) is 40.9 Å². The van der Waals surface area contributed by atoms with Crippen LogP contribution in [0.15, 0.2) is 11.4 Å². The fourth-order valence-corrected chi connectivity index (χ4v) is 5.47. The Kier molecular flexibility index (Phi) is 3.97. The van der Waals surface area contributed by atoms with E-state index in [2.05, 4.69) is 21.4 Å². The topological polar surface area (TPSA) is 78.7 Å². The summed E-state index contributed by atoms with van der Waals surface area (Å²) >= 11 is 3.20. The summed E-state index contributed by atoms with van der Waals surface area (Å²) in [7, 11) is 0. The van der Waals surface area contributed by atoms with Crippen LogP contribution in [0.4, 0.5) is 0 Å². The maximum Gasteiger partial charge on any atom is 0.231 e. The molecule has 2 aromatic rings. The molecule has 2 aromatic heterocycles. The number of nitrogens with one attached hydrogen (secondary N) is 1. The maximum absolute atomic E-state index is 12.3. The Bertz CT molecular complexity index is 852. The molecular formula is C17H18N4OS2. The highest BCUT2D eigenvalue weighted by Gasteiger charge is 2.42. The predicted octanol–water partition coefficient (Wildman–Crippen LogP) is 3.08. The van der Waals surface area contributed by atoms with E-state index in [1.165, 1.54) is 28.6 Å². The molecular weight excluding hydrogens is 340 g/mol. The standard InChI is InChI=1S/C17H18N4OS2/c1-17(8-18,10-5-6-10)21-13(22)7-23-15-14-11-3-2-4-12(11)24-16(14)20-9-19-15/h9-10H,2-7H2,1H3,(H,21,22). The summed E-state index contributed by atoms with van der Waals surface area (Å²) in [4.78, 5) is 23.5.